The van der Waals surface area contributed by atoms with Gasteiger partial charge in [-0.15, -0.1) is 0 Å². The number of sulfonamides is 1. The van der Waals surface area contributed by atoms with Crippen molar-refractivity contribution in [3.05, 3.63) is 99.8 Å². The molecule has 0 fully saturated rings. The number of halogens is 3. The second kappa shape index (κ2) is 14.0. The summed E-state index contributed by atoms with van der Waals surface area (Å²) in [4.78, 5) is 28.9. The Balaban J connectivity index is 2.07. The van der Waals surface area contributed by atoms with Crippen molar-refractivity contribution in [3.8, 4) is 0 Å². The Morgan fingerprint density at radius 3 is 2.20 bits per heavy atom. The van der Waals surface area contributed by atoms with E-state index in [-0.39, 0.29) is 35.5 Å². The first kappa shape index (κ1) is 31.4. The zero-order chi connectivity index (χ0) is 29.4. The molecule has 0 bridgehead atoms. The van der Waals surface area contributed by atoms with Crippen LogP contribution in [-0.4, -0.2) is 50.5 Å². The van der Waals surface area contributed by atoms with Crippen LogP contribution >= 0.6 is 23.2 Å². The summed E-state index contributed by atoms with van der Waals surface area (Å²) in [6, 6.07) is 18.6. The maximum atomic E-state index is 14.0. The van der Waals surface area contributed by atoms with Gasteiger partial charge < -0.3 is 10.2 Å². The Bertz CT molecular complexity index is 1440. The number of carbonyl (C=O) groups is 2. The van der Waals surface area contributed by atoms with E-state index in [2.05, 4.69) is 5.32 Å². The van der Waals surface area contributed by atoms with Gasteiger partial charge in [0.05, 0.1) is 17.0 Å². The van der Waals surface area contributed by atoms with E-state index >= 15 is 0 Å². The van der Waals surface area contributed by atoms with Crippen molar-refractivity contribution >= 4 is 50.7 Å². The lowest BCUT2D eigenvalue weighted by Crippen LogP contribution is -2.53. The molecule has 214 valence electrons. The van der Waals surface area contributed by atoms with E-state index < -0.39 is 34.3 Å². The highest BCUT2D eigenvalue weighted by Gasteiger charge is 2.33. The summed E-state index contributed by atoms with van der Waals surface area (Å²) >= 11 is 12.3. The fourth-order valence-electron chi connectivity index (χ4n) is 4.04. The second-order valence-corrected chi connectivity index (χ2v) is 12.5. The minimum atomic E-state index is -4.01. The van der Waals surface area contributed by atoms with E-state index in [1.165, 1.54) is 11.0 Å². The Hall–Kier alpha value is -3.14. The lowest BCUT2D eigenvalue weighted by Gasteiger charge is -2.34. The van der Waals surface area contributed by atoms with Gasteiger partial charge in [-0.2, -0.15) is 0 Å². The molecule has 0 radical (unpaired) electrons. The molecule has 0 unspecified atom stereocenters. The van der Waals surface area contributed by atoms with Crippen LogP contribution in [0.5, 0.6) is 0 Å². The lowest BCUT2D eigenvalue weighted by molar-refractivity contribution is -0.140. The van der Waals surface area contributed by atoms with Crippen molar-refractivity contribution in [1.82, 2.24) is 10.2 Å². The second-order valence-electron chi connectivity index (χ2n) is 9.83. The summed E-state index contributed by atoms with van der Waals surface area (Å²) in [7, 11) is -4.01. The van der Waals surface area contributed by atoms with Crippen molar-refractivity contribution in [2.24, 2.45) is 5.92 Å². The highest BCUT2D eigenvalue weighted by Crippen LogP contribution is 2.26. The van der Waals surface area contributed by atoms with Crippen LogP contribution in [0.3, 0.4) is 0 Å². The van der Waals surface area contributed by atoms with Gasteiger partial charge >= 0.3 is 0 Å². The van der Waals surface area contributed by atoms with Crippen LogP contribution in [0.4, 0.5) is 10.1 Å². The van der Waals surface area contributed by atoms with Crippen molar-refractivity contribution in [3.63, 3.8) is 0 Å². The van der Waals surface area contributed by atoms with Gasteiger partial charge in [0.15, 0.2) is 0 Å². The summed E-state index contributed by atoms with van der Waals surface area (Å²) in [5.41, 5.74) is 1.42. The van der Waals surface area contributed by atoms with E-state index in [1.54, 1.807) is 24.3 Å². The van der Waals surface area contributed by atoms with Crippen LogP contribution in [0.25, 0.3) is 0 Å². The first-order chi connectivity index (χ1) is 18.9. The van der Waals surface area contributed by atoms with Gasteiger partial charge in [0.1, 0.15) is 18.4 Å². The predicted molar refractivity (Wildman–Crippen MR) is 157 cm³/mol. The van der Waals surface area contributed by atoms with E-state index in [9.17, 15) is 22.4 Å². The Morgan fingerprint density at radius 2 is 1.60 bits per heavy atom. The molecule has 0 aliphatic carbocycles. The highest BCUT2D eigenvalue weighted by atomic mass is 35.5. The average molecular weight is 609 g/mol. The Kier molecular flexibility index (Phi) is 11.0. The van der Waals surface area contributed by atoms with Gasteiger partial charge in [-0.3, -0.25) is 13.9 Å². The summed E-state index contributed by atoms with van der Waals surface area (Å²) in [6.45, 7) is 3.61. The molecule has 1 atom stereocenters. The number of rotatable bonds is 12. The maximum absolute atomic E-state index is 14.0. The molecule has 3 aromatic rings. The zero-order valence-electron chi connectivity index (χ0n) is 22.5. The SMILES string of the molecule is CC(C)CNC(=O)[C@@H](Cc1ccccc1)N(Cc1ccccc1Cl)C(=O)CN(c1ccc(F)c(Cl)c1)S(C)(=O)=O. The molecule has 0 saturated carbocycles. The minimum Gasteiger partial charge on any atom is -0.354 e. The van der Waals surface area contributed by atoms with Gasteiger partial charge in [-0.05, 0) is 41.3 Å². The lowest BCUT2D eigenvalue weighted by atomic mass is 10.0. The van der Waals surface area contributed by atoms with Crippen LogP contribution in [0, 0.1) is 11.7 Å². The quantitative estimate of drug-likeness (QED) is 0.302. The van der Waals surface area contributed by atoms with Gasteiger partial charge in [0, 0.05) is 24.5 Å². The molecule has 40 heavy (non-hydrogen) atoms. The summed E-state index contributed by atoms with van der Waals surface area (Å²) < 4.78 is 40.2. The first-order valence-electron chi connectivity index (χ1n) is 12.6. The van der Waals surface area contributed by atoms with Crippen molar-refractivity contribution in [2.45, 2.75) is 32.9 Å². The highest BCUT2D eigenvalue weighted by molar-refractivity contribution is 7.92. The number of carbonyl (C=O) groups excluding carboxylic acids is 2. The fraction of sp³-hybridized carbons (Fsp3) is 0.310. The largest absolute Gasteiger partial charge is 0.354 e. The normalized spacial score (nSPS) is 12.2. The smallest absolute Gasteiger partial charge is 0.244 e. The molecule has 0 spiro atoms. The standard InChI is InChI=1S/C29H32Cl2FN3O4S/c1-20(2)17-33-29(37)27(15-21-9-5-4-6-10-21)34(18-22-11-7-8-12-24(22)30)28(36)19-35(40(3,38)39)23-13-14-26(32)25(31)16-23/h4-14,16,20,27H,15,17-19H2,1-3H3,(H,33,37)/t27-/m1/s1. The molecule has 7 nitrogen and oxygen atoms in total. The predicted octanol–water partition coefficient (Wildman–Crippen LogP) is 5.31. The van der Waals surface area contributed by atoms with Crippen LogP contribution in [0.15, 0.2) is 72.8 Å². The molecule has 11 heteroatoms. The van der Waals surface area contributed by atoms with Crippen molar-refractivity contribution < 1.29 is 22.4 Å². The van der Waals surface area contributed by atoms with E-state index in [0.29, 0.717) is 17.1 Å². The molecule has 3 aromatic carbocycles. The topological polar surface area (TPSA) is 86.8 Å². The minimum absolute atomic E-state index is 0.0174. The average Bonchev–Trinajstić information content (AvgIpc) is 2.90. The van der Waals surface area contributed by atoms with Crippen LogP contribution in [0.1, 0.15) is 25.0 Å². The number of nitrogens with zero attached hydrogens (tertiary/aromatic N) is 2. The van der Waals surface area contributed by atoms with Gasteiger partial charge in [0.2, 0.25) is 21.8 Å². The number of hydrogen-bond donors (Lipinski definition) is 1. The summed E-state index contributed by atoms with van der Waals surface area (Å²) in [5.74, 6) is -1.59. The van der Waals surface area contributed by atoms with Crippen LogP contribution < -0.4 is 9.62 Å². The monoisotopic (exact) mass is 607 g/mol. The number of nitrogens with one attached hydrogen (secondary N) is 1. The van der Waals surface area contributed by atoms with E-state index in [1.807, 2.05) is 44.2 Å². The van der Waals surface area contributed by atoms with Gasteiger partial charge in [-0.25, -0.2) is 12.8 Å². The van der Waals surface area contributed by atoms with E-state index in [0.717, 1.165) is 28.3 Å². The fourth-order valence-corrected chi connectivity index (χ4v) is 5.25. The maximum Gasteiger partial charge on any atom is 0.244 e. The number of amides is 2. The molecule has 3 rings (SSSR count). The molecule has 0 saturated heterocycles. The molecule has 0 aliphatic heterocycles. The third-order valence-electron chi connectivity index (χ3n) is 6.12. The van der Waals surface area contributed by atoms with Gasteiger partial charge in [0.25, 0.3) is 0 Å². The van der Waals surface area contributed by atoms with Crippen molar-refractivity contribution in [2.75, 3.05) is 23.7 Å². The third kappa shape index (κ3) is 8.68. The molecule has 0 aliphatic rings. The first-order valence-corrected chi connectivity index (χ1v) is 15.2. The van der Waals surface area contributed by atoms with Crippen molar-refractivity contribution in [1.29, 1.82) is 0 Å². The molecule has 2 amide bonds. The molecule has 1 N–H and O–H groups in total. The van der Waals surface area contributed by atoms with Crippen LogP contribution in [0.2, 0.25) is 10.0 Å². The third-order valence-corrected chi connectivity index (χ3v) is 7.92. The Morgan fingerprint density at radius 1 is 0.950 bits per heavy atom. The molecular weight excluding hydrogens is 576 g/mol. The summed E-state index contributed by atoms with van der Waals surface area (Å²) in [5, 5.41) is 3.02. The molecule has 0 heterocycles. The number of hydrogen-bond acceptors (Lipinski definition) is 4. The van der Waals surface area contributed by atoms with Crippen LogP contribution in [-0.2, 0) is 32.6 Å². The molecular formula is C29H32Cl2FN3O4S. The summed E-state index contributed by atoms with van der Waals surface area (Å²) in [6.07, 6.45) is 1.12. The number of anilines is 1. The Labute approximate surface area is 244 Å². The van der Waals surface area contributed by atoms with Gasteiger partial charge in [-0.1, -0.05) is 85.6 Å². The number of benzene rings is 3. The zero-order valence-corrected chi connectivity index (χ0v) is 24.8. The molecule has 0 aromatic heterocycles. The van der Waals surface area contributed by atoms with E-state index in [4.69, 9.17) is 23.2 Å².